The zero-order valence-electron chi connectivity index (χ0n) is 6.55. The number of rotatable bonds is 0. The fourth-order valence-electron chi connectivity index (χ4n) is 2.10. The Balaban J connectivity index is 2.17. The Labute approximate surface area is 66.5 Å². The summed E-state index contributed by atoms with van der Waals surface area (Å²) in [6.07, 6.45) is 5.58. The first-order valence-electron chi connectivity index (χ1n) is 4.13. The van der Waals surface area contributed by atoms with Gasteiger partial charge in [0.2, 0.25) is 0 Å². The zero-order valence-corrected chi connectivity index (χ0v) is 6.55. The molecule has 0 amide bonds. The van der Waals surface area contributed by atoms with Crippen LogP contribution in [0.15, 0.2) is 0 Å². The Hall–Kier alpha value is -0.750. The van der Waals surface area contributed by atoms with Gasteiger partial charge in [-0.05, 0) is 19.3 Å². The van der Waals surface area contributed by atoms with E-state index in [9.17, 15) is 0 Å². The predicted octanol–water partition coefficient (Wildman–Crippen LogP) is 0.722. The van der Waals surface area contributed by atoms with Crippen molar-refractivity contribution in [2.45, 2.75) is 24.8 Å². The summed E-state index contributed by atoms with van der Waals surface area (Å²) in [6, 6.07) is 0. The van der Waals surface area contributed by atoms with E-state index in [2.05, 4.69) is 6.19 Å². The summed E-state index contributed by atoms with van der Waals surface area (Å²) in [5.74, 6) is 0. The van der Waals surface area contributed by atoms with Crippen LogP contribution in [0, 0.1) is 11.5 Å². The molecule has 2 saturated heterocycles. The molecule has 3 heteroatoms. The molecule has 0 radical (unpaired) electrons. The number of ether oxygens (including phenoxy) is 1. The maximum atomic E-state index is 8.81. The van der Waals surface area contributed by atoms with E-state index in [4.69, 9.17) is 10.00 Å². The van der Waals surface area contributed by atoms with Gasteiger partial charge in [-0.2, -0.15) is 5.26 Å². The number of hydrogen-bond acceptors (Lipinski definition) is 3. The monoisotopic (exact) mass is 152 g/mol. The van der Waals surface area contributed by atoms with Gasteiger partial charge in [0.15, 0.2) is 6.19 Å². The minimum absolute atomic E-state index is 0.106. The molecule has 1 spiro atoms. The van der Waals surface area contributed by atoms with E-state index in [1.807, 2.05) is 4.90 Å². The maximum Gasteiger partial charge on any atom is 0.179 e. The van der Waals surface area contributed by atoms with Crippen LogP contribution in [0.1, 0.15) is 19.3 Å². The lowest BCUT2D eigenvalue weighted by molar-refractivity contribution is 0.137. The maximum absolute atomic E-state index is 8.81. The lowest BCUT2D eigenvalue weighted by Gasteiger charge is -2.28. The molecular formula is C8H12N2O. The van der Waals surface area contributed by atoms with Gasteiger partial charge < -0.3 is 9.64 Å². The standard InChI is InChI=1S/C8H12N2O/c9-7-10-4-1-2-8(10)3-5-11-6-8/h1-6H2. The average Bonchev–Trinajstić information content (AvgIpc) is 2.62. The Morgan fingerprint density at radius 1 is 1.45 bits per heavy atom. The molecule has 0 aromatic heterocycles. The minimum Gasteiger partial charge on any atom is -0.379 e. The molecule has 2 aliphatic rings. The largest absolute Gasteiger partial charge is 0.379 e. The highest BCUT2D eigenvalue weighted by Crippen LogP contribution is 2.35. The summed E-state index contributed by atoms with van der Waals surface area (Å²) in [7, 11) is 0. The molecule has 11 heavy (non-hydrogen) atoms. The first-order chi connectivity index (χ1) is 5.37. The van der Waals surface area contributed by atoms with Crippen molar-refractivity contribution in [3.63, 3.8) is 0 Å². The molecular weight excluding hydrogens is 140 g/mol. The van der Waals surface area contributed by atoms with E-state index in [-0.39, 0.29) is 5.54 Å². The van der Waals surface area contributed by atoms with Crippen LogP contribution in [0.25, 0.3) is 0 Å². The van der Waals surface area contributed by atoms with Gasteiger partial charge >= 0.3 is 0 Å². The number of nitrogens with zero attached hydrogens (tertiary/aromatic N) is 2. The summed E-state index contributed by atoms with van der Waals surface area (Å²) in [4.78, 5) is 1.90. The Kier molecular flexibility index (Phi) is 1.50. The second-order valence-electron chi connectivity index (χ2n) is 3.38. The molecule has 2 aliphatic heterocycles. The molecule has 1 unspecified atom stereocenters. The highest BCUT2D eigenvalue weighted by atomic mass is 16.5. The molecule has 0 aromatic rings. The van der Waals surface area contributed by atoms with E-state index in [0.717, 1.165) is 39.0 Å². The molecule has 0 N–H and O–H groups in total. The molecule has 0 aliphatic carbocycles. The van der Waals surface area contributed by atoms with Gasteiger partial charge in [-0.25, -0.2) is 0 Å². The number of nitriles is 1. The highest BCUT2D eigenvalue weighted by Gasteiger charge is 2.43. The van der Waals surface area contributed by atoms with Crippen molar-refractivity contribution in [3.8, 4) is 6.19 Å². The van der Waals surface area contributed by atoms with Gasteiger partial charge in [-0.1, -0.05) is 0 Å². The van der Waals surface area contributed by atoms with Crippen LogP contribution in [0.3, 0.4) is 0 Å². The van der Waals surface area contributed by atoms with Gasteiger partial charge in [-0.3, -0.25) is 0 Å². The Bertz CT molecular complexity index is 185. The third kappa shape index (κ3) is 0.899. The number of likely N-dealkylation sites (tertiary alicyclic amines) is 1. The van der Waals surface area contributed by atoms with Crippen LogP contribution in [-0.2, 0) is 4.74 Å². The van der Waals surface area contributed by atoms with Crippen LogP contribution < -0.4 is 0 Å². The quantitative estimate of drug-likeness (QED) is 0.480. The summed E-state index contributed by atoms with van der Waals surface area (Å²) in [5, 5.41) is 8.81. The third-order valence-corrected chi connectivity index (χ3v) is 2.80. The van der Waals surface area contributed by atoms with Gasteiger partial charge in [0.1, 0.15) is 0 Å². The van der Waals surface area contributed by atoms with Crippen molar-refractivity contribution < 1.29 is 4.74 Å². The normalized spacial score (nSPS) is 36.5. The zero-order chi connectivity index (χ0) is 7.73. The second-order valence-corrected chi connectivity index (χ2v) is 3.38. The van der Waals surface area contributed by atoms with E-state index >= 15 is 0 Å². The van der Waals surface area contributed by atoms with Crippen LogP contribution in [-0.4, -0.2) is 30.2 Å². The van der Waals surface area contributed by atoms with Crippen LogP contribution in [0.5, 0.6) is 0 Å². The molecule has 2 rings (SSSR count). The Morgan fingerprint density at radius 2 is 2.36 bits per heavy atom. The second kappa shape index (κ2) is 2.38. The smallest absolute Gasteiger partial charge is 0.179 e. The van der Waals surface area contributed by atoms with Gasteiger partial charge in [0.25, 0.3) is 0 Å². The summed E-state index contributed by atoms with van der Waals surface area (Å²) in [6.45, 7) is 2.53. The molecule has 1 atom stereocenters. The van der Waals surface area contributed by atoms with Crippen molar-refractivity contribution in [2.24, 2.45) is 0 Å². The minimum atomic E-state index is 0.106. The topological polar surface area (TPSA) is 36.3 Å². The molecule has 0 bridgehead atoms. The van der Waals surface area contributed by atoms with E-state index in [1.165, 1.54) is 0 Å². The van der Waals surface area contributed by atoms with Crippen molar-refractivity contribution >= 4 is 0 Å². The molecule has 60 valence electrons. The summed E-state index contributed by atoms with van der Waals surface area (Å²) in [5.41, 5.74) is 0.106. The fourth-order valence-corrected chi connectivity index (χ4v) is 2.10. The van der Waals surface area contributed by atoms with Crippen molar-refractivity contribution in [1.29, 1.82) is 5.26 Å². The summed E-state index contributed by atoms with van der Waals surface area (Å²) < 4.78 is 5.32. The van der Waals surface area contributed by atoms with Gasteiger partial charge in [-0.15, -0.1) is 0 Å². The van der Waals surface area contributed by atoms with E-state index < -0.39 is 0 Å². The van der Waals surface area contributed by atoms with Gasteiger partial charge in [0.05, 0.1) is 12.1 Å². The molecule has 3 nitrogen and oxygen atoms in total. The van der Waals surface area contributed by atoms with Crippen molar-refractivity contribution in [2.75, 3.05) is 19.8 Å². The molecule has 0 saturated carbocycles. The fraction of sp³-hybridized carbons (Fsp3) is 0.875. The lowest BCUT2D eigenvalue weighted by atomic mass is 9.96. The Morgan fingerprint density at radius 3 is 3.00 bits per heavy atom. The van der Waals surface area contributed by atoms with Crippen molar-refractivity contribution in [1.82, 2.24) is 4.90 Å². The van der Waals surface area contributed by atoms with Crippen molar-refractivity contribution in [3.05, 3.63) is 0 Å². The van der Waals surface area contributed by atoms with E-state index in [0.29, 0.717) is 0 Å². The lowest BCUT2D eigenvalue weighted by Crippen LogP contribution is -2.41. The molecule has 2 fully saturated rings. The SMILES string of the molecule is N#CN1CCCC12CCOC2. The predicted molar refractivity (Wildman–Crippen MR) is 39.7 cm³/mol. The third-order valence-electron chi connectivity index (χ3n) is 2.80. The highest BCUT2D eigenvalue weighted by molar-refractivity contribution is 5.03. The average molecular weight is 152 g/mol. The number of hydrogen-bond donors (Lipinski definition) is 0. The first-order valence-corrected chi connectivity index (χ1v) is 4.13. The van der Waals surface area contributed by atoms with Crippen LogP contribution in [0.4, 0.5) is 0 Å². The first kappa shape index (κ1) is 6.93. The van der Waals surface area contributed by atoms with Gasteiger partial charge in [0, 0.05) is 13.2 Å². The molecule has 2 heterocycles. The van der Waals surface area contributed by atoms with Crippen LogP contribution in [0.2, 0.25) is 0 Å². The summed E-state index contributed by atoms with van der Waals surface area (Å²) >= 11 is 0. The van der Waals surface area contributed by atoms with Crippen LogP contribution >= 0.6 is 0 Å². The molecule has 0 aromatic carbocycles. The van der Waals surface area contributed by atoms with E-state index in [1.54, 1.807) is 0 Å².